The minimum atomic E-state index is -0.940. The van der Waals surface area contributed by atoms with Crippen LogP contribution in [0.4, 0.5) is 8.78 Å². The average molecular weight is 488 g/mol. The van der Waals surface area contributed by atoms with Gasteiger partial charge in [-0.25, -0.2) is 18.8 Å². The Hall–Kier alpha value is -2.35. The zero-order valence-corrected chi connectivity index (χ0v) is 21.3. The fourth-order valence-electron chi connectivity index (χ4n) is 5.03. The standard InChI is InChI=1S/C28H39F2N3O2/c1-20(34)31-26(15-22-13-23(29)16-24(30)14-22)27(35)19-32(18-21-9-6-5-7-10-21)33-12-8-11-25(33)17-28(2,3)4/h5-7,9-10,13-14,16,25-27,35H,8,11-12,15,17-19H2,1-4H3,(H,31,34). The van der Waals surface area contributed by atoms with Gasteiger partial charge in [-0.05, 0) is 54.4 Å². The van der Waals surface area contributed by atoms with Crippen molar-refractivity contribution < 1.29 is 18.7 Å². The molecule has 3 unspecified atom stereocenters. The van der Waals surface area contributed by atoms with E-state index in [0.29, 0.717) is 18.2 Å². The molecule has 1 aliphatic rings. The topological polar surface area (TPSA) is 55.8 Å². The van der Waals surface area contributed by atoms with Crippen LogP contribution in [0.25, 0.3) is 0 Å². The SMILES string of the molecule is CC(=O)NC(Cc1cc(F)cc(F)c1)C(O)CN(Cc1ccccc1)N1CCCC1CC(C)(C)C. The molecule has 2 aromatic carbocycles. The van der Waals surface area contributed by atoms with Crippen LogP contribution in [0, 0.1) is 17.0 Å². The fraction of sp³-hybridized carbons (Fsp3) is 0.536. The van der Waals surface area contributed by atoms with Crippen LogP contribution in [0.3, 0.4) is 0 Å². The predicted molar refractivity (Wildman–Crippen MR) is 134 cm³/mol. The first-order chi connectivity index (χ1) is 16.5. The Balaban J connectivity index is 1.83. The zero-order chi connectivity index (χ0) is 25.6. The highest BCUT2D eigenvalue weighted by molar-refractivity contribution is 5.73. The number of nitrogens with one attached hydrogen (secondary N) is 1. The molecule has 7 heteroatoms. The van der Waals surface area contributed by atoms with E-state index in [4.69, 9.17) is 0 Å². The normalized spacial score (nSPS) is 18.6. The summed E-state index contributed by atoms with van der Waals surface area (Å²) < 4.78 is 27.5. The van der Waals surface area contributed by atoms with E-state index in [1.165, 1.54) is 19.1 Å². The van der Waals surface area contributed by atoms with Gasteiger partial charge in [0.1, 0.15) is 11.6 Å². The summed E-state index contributed by atoms with van der Waals surface area (Å²) in [6.45, 7) is 9.92. The van der Waals surface area contributed by atoms with Crippen LogP contribution in [-0.2, 0) is 17.8 Å². The number of hydrazine groups is 1. The molecule has 35 heavy (non-hydrogen) atoms. The van der Waals surface area contributed by atoms with Crippen LogP contribution in [0.5, 0.6) is 0 Å². The number of aliphatic hydroxyl groups excluding tert-OH is 1. The largest absolute Gasteiger partial charge is 0.390 e. The first-order valence-electron chi connectivity index (χ1n) is 12.5. The minimum absolute atomic E-state index is 0.125. The monoisotopic (exact) mass is 487 g/mol. The second-order valence-corrected chi connectivity index (χ2v) is 10.9. The van der Waals surface area contributed by atoms with Gasteiger partial charge in [-0.1, -0.05) is 51.1 Å². The van der Waals surface area contributed by atoms with Crippen molar-refractivity contribution in [2.24, 2.45) is 5.41 Å². The van der Waals surface area contributed by atoms with E-state index < -0.39 is 23.8 Å². The molecule has 192 valence electrons. The molecule has 3 atom stereocenters. The third-order valence-electron chi connectivity index (χ3n) is 6.39. The molecule has 0 aliphatic carbocycles. The summed E-state index contributed by atoms with van der Waals surface area (Å²) in [6, 6.07) is 13.1. The van der Waals surface area contributed by atoms with Crippen molar-refractivity contribution in [2.45, 2.75) is 78.1 Å². The Bertz CT molecular complexity index is 944. The Morgan fingerprint density at radius 3 is 2.40 bits per heavy atom. The molecular weight excluding hydrogens is 448 g/mol. The predicted octanol–water partition coefficient (Wildman–Crippen LogP) is 4.69. The highest BCUT2D eigenvalue weighted by Gasteiger charge is 2.34. The quantitative estimate of drug-likeness (QED) is 0.511. The average Bonchev–Trinajstić information content (AvgIpc) is 3.18. The van der Waals surface area contributed by atoms with Gasteiger partial charge in [-0.2, -0.15) is 0 Å². The van der Waals surface area contributed by atoms with E-state index in [2.05, 4.69) is 48.2 Å². The molecule has 0 spiro atoms. The van der Waals surface area contributed by atoms with E-state index in [1.54, 1.807) is 0 Å². The smallest absolute Gasteiger partial charge is 0.217 e. The van der Waals surface area contributed by atoms with Gasteiger partial charge in [0.2, 0.25) is 5.91 Å². The molecule has 3 rings (SSSR count). The maximum absolute atomic E-state index is 13.8. The summed E-state index contributed by atoms with van der Waals surface area (Å²) >= 11 is 0. The molecule has 1 aliphatic heterocycles. The fourth-order valence-corrected chi connectivity index (χ4v) is 5.03. The van der Waals surface area contributed by atoms with Crippen LogP contribution in [0.2, 0.25) is 0 Å². The van der Waals surface area contributed by atoms with Gasteiger partial charge in [0.25, 0.3) is 0 Å². The molecule has 1 saturated heterocycles. The first-order valence-corrected chi connectivity index (χ1v) is 12.5. The molecule has 5 nitrogen and oxygen atoms in total. The van der Waals surface area contributed by atoms with Gasteiger partial charge in [-0.15, -0.1) is 0 Å². The summed E-state index contributed by atoms with van der Waals surface area (Å²) in [6.07, 6.45) is 2.40. The van der Waals surface area contributed by atoms with Crippen LogP contribution < -0.4 is 5.32 Å². The molecule has 1 amide bonds. The maximum Gasteiger partial charge on any atom is 0.217 e. The summed E-state index contributed by atoms with van der Waals surface area (Å²) in [7, 11) is 0. The van der Waals surface area contributed by atoms with Gasteiger partial charge < -0.3 is 10.4 Å². The van der Waals surface area contributed by atoms with E-state index in [9.17, 15) is 18.7 Å². The molecular formula is C28H39F2N3O2. The van der Waals surface area contributed by atoms with E-state index in [1.807, 2.05) is 18.2 Å². The van der Waals surface area contributed by atoms with Gasteiger partial charge in [0.15, 0.2) is 0 Å². The lowest BCUT2D eigenvalue weighted by Crippen LogP contribution is -2.54. The van der Waals surface area contributed by atoms with Crippen molar-refractivity contribution in [2.75, 3.05) is 13.1 Å². The van der Waals surface area contributed by atoms with Crippen molar-refractivity contribution in [1.82, 2.24) is 15.3 Å². The summed E-state index contributed by atoms with van der Waals surface area (Å²) in [5.41, 5.74) is 1.69. The lowest BCUT2D eigenvalue weighted by molar-refractivity contribution is -0.121. The molecule has 0 saturated carbocycles. The van der Waals surface area contributed by atoms with E-state index in [-0.39, 0.29) is 24.3 Å². The Kier molecular flexibility index (Phi) is 9.39. The molecule has 0 radical (unpaired) electrons. The summed E-state index contributed by atoms with van der Waals surface area (Å²) in [5.74, 6) is -1.65. The lowest BCUT2D eigenvalue weighted by Gasteiger charge is -2.40. The van der Waals surface area contributed by atoms with Crippen LogP contribution in [0.15, 0.2) is 48.5 Å². The second-order valence-electron chi connectivity index (χ2n) is 10.9. The third-order valence-corrected chi connectivity index (χ3v) is 6.39. The number of nitrogens with zero attached hydrogens (tertiary/aromatic N) is 2. The number of carbonyl (C=O) groups excluding carboxylic acids is 1. The first kappa shape index (κ1) is 27.2. The summed E-state index contributed by atoms with van der Waals surface area (Å²) in [5, 5.41) is 18.7. The zero-order valence-electron chi connectivity index (χ0n) is 21.3. The summed E-state index contributed by atoms with van der Waals surface area (Å²) in [4.78, 5) is 11.9. The Morgan fingerprint density at radius 1 is 1.14 bits per heavy atom. The Labute approximate surface area is 208 Å². The van der Waals surface area contributed by atoms with Crippen LogP contribution in [0.1, 0.15) is 58.1 Å². The number of aliphatic hydroxyl groups is 1. The second kappa shape index (κ2) is 12.1. The maximum atomic E-state index is 13.8. The molecule has 1 heterocycles. The molecule has 0 bridgehead atoms. The number of hydrogen-bond donors (Lipinski definition) is 2. The lowest BCUT2D eigenvalue weighted by atomic mass is 9.87. The highest BCUT2D eigenvalue weighted by Crippen LogP contribution is 2.31. The number of amides is 1. The van der Waals surface area contributed by atoms with Crippen molar-refractivity contribution >= 4 is 5.91 Å². The van der Waals surface area contributed by atoms with Crippen molar-refractivity contribution in [3.63, 3.8) is 0 Å². The number of halogens is 2. The number of carbonyl (C=O) groups is 1. The van der Waals surface area contributed by atoms with Gasteiger partial charge in [-0.3, -0.25) is 4.79 Å². The third kappa shape index (κ3) is 8.67. The minimum Gasteiger partial charge on any atom is -0.390 e. The van der Waals surface area contributed by atoms with Crippen molar-refractivity contribution in [3.05, 3.63) is 71.3 Å². The van der Waals surface area contributed by atoms with Crippen molar-refractivity contribution in [3.8, 4) is 0 Å². The van der Waals surface area contributed by atoms with Gasteiger partial charge >= 0.3 is 0 Å². The number of rotatable bonds is 10. The number of benzene rings is 2. The Morgan fingerprint density at radius 2 is 1.80 bits per heavy atom. The van der Waals surface area contributed by atoms with Crippen LogP contribution >= 0.6 is 0 Å². The highest BCUT2D eigenvalue weighted by atomic mass is 19.1. The number of hydrogen-bond acceptors (Lipinski definition) is 4. The molecule has 2 N–H and O–H groups in total. The van der Waals surface area contributed by atoms with E-state index >= 15 is 0 Å². The van der Waals surface area contributed by atoms with Gasteiger partial charge in [0, 0.05) is 38.7 Å². The molecule has 2 aromatic rings. The molecule has 1 fully saturated rings. The van der Waals surface area contributed by atoms with Crippen molar-refractivity contribution in [1.29, 1.82) is 0 Å². The molecule has 0 aromatic heterocycles. The van der Waals surface area contributed by atoms with Gasteiger partial charge in [0.05, 0.1) is 12.1 Å². The van der Waals surface area contributed by atoms with E-state index in [0.717, 1.165) is 37.4 Å². The van der Waals surface area contributed by atoms with Crippen LogP contribution in [-0.4, -0.2) is 52.3 Å².